The summed E-state index contributed by atoms with van der Waals surface area (Å²) in [5.41, 5.74) is 8.33. The molecule has 0 fully saturated rings. The number of H-pyrrole nitrogens is 1. The molecule has 0 unspecified atom stereocenters. The van der Waals surface area contributed by atoms with Gasteiger partial charge < -0.3 is 10.7 Å². The van der Waals surface area contributed by atoms with Crippen LogP contribution in [0, 0.1) is 11.3 Å². The monoisotopic (exact) mass is 295 g/mol. The third kappa shape index (κ3) is 2.24. The molecule has 5 heteroatoms. The van der Waals surface area contributed by atoms with Gasteiger partial charge in [0.05, 0.1) is 16.7 Å². The average molecular weight is 296 g/mol. The van der Waals surface area contributed by atoms with Gasteiger partial charge in [0, 0.05) is 33.9 Å². The Morgan fingerprint density at radius 3 is 2.71 bits per heavy atom. The number of carbonyl (C=O) groups is 1. The van der Waals surface area contributed by atoms with E-state index < -0.39 is 0 Å². The Kier molecular flexibility index (Phi) is 3.13. The van der Waals surface area contributed by atoms with Crippen LogP contribution in [-0.2, 0) is 0 Å². The summed E-state index contributed by atoms with van der Waals surface area (Å²) in [6.45, 7) is 0. The molecule has 0 spiro atoms. The lowest BCUT2D eigenvalue weighted by atomic mass is 10.0. The average Bonchev–Trinajstić information content (AvgIpc) is 2.89. The van der Waals surface area contributed by atoms with Crippen molar-refractivity contribution in [2.75, 3.05) is 5.73 Å². The van der Waals surface area contributed by atoms with Crippen LogP contribution in [0.25, 0.3) is 10.9 Å². The Bertz CT molecular complexity index is 906. The molecule has 3 aromatic rings. The second-order valence-corrected chi connectivity index (χ2v) is 5.05. The summed E-state index contributed by atoms with van der Waals surface area (Å²) in [5.74, 6) is -0.184. The minimum atomic E-state index is -0.184. The lowest BCUT2D eigenvalue weighted by Gasteiger charge is -2.04. The van der Waals surface area contributed by atoms with Crippen LogP contribution in [-0.4, -0.2) is 10.8 Å². The number of fused-ring (bicyclic) bond motifs is 1. The summed E-state index contributed by atoms with van der Waals surface area (Å²) in [6.07, 6.45) is 1.63. The second-order valence-electron chi connectivity index (χ2n) is 4.64. The Morgan fingerprint density at radius 2 is 2.00 bits per heavy atom. The molecular formula is C16H10ClN3O. The molecule has 3 rings (SSSR count). The molecule has 0 radical (unpaired) electrons. The normalized spacial score (nSPS) is 10.5. The Hall–Kier alpha value is -2.77. The quantitative estimate of drug-likeness (QED) is 0.560. The highest BCUT2D eigenvalue weighted by molar-refractivity contribution is 6.35. The number of nitrogens with two attached hydrogens (primary N) is 1. The van der Waals surface area contributed by atoms with Crippen molar-refractivity contribution in [1.29, 1.82) is 5.26 Å². The Labute approximate surface area is 125 Å². The zero-order valence-electron chi connectivity index (χ0n) is 10.9. The van der Waals surface area contributed by atoms with Crippen LogP contribution in [0.4, 0.5) is 5.69 Å². The van der Waals surface area contributed by atoms with E-state index in [1.54, 1.807) is 42.6 Å². The van der Waals surface area contributed by atoms with E-state index in [-0.39, 0.29) is 5.78 Å². The highest BCUT2D eigenvalue weighted by Gasteiger charge is 2.17. The van der Waals surface area contributed by atoms with Gasteiger partial charge in [0.2, 0.25) is 0 Å². The maximum atomic E-state index is 12.6. The molecule has 21 heavy (non-hydrogen) atoms. The van der Waals surface area contributed by atoms with Gasteiger partial charge >= 0.3 is 0 Å². The van der Waals surface area contributed by atoms with Crippen LogP contribution in [0.5, 0.6) is 0 Å². The largest absolute Gasteiger partial charge is 0.399 e. The van der Waals surface area contributed by atoms with E-state index in [1.165, 1.54) is 0 Å². The number of nitrogen functional groups attached to an aromatic ring is 1. The van der Waals surface area contributed by atoms with Gasteiger partial charge in [-0.1, -0.05) is 17.7 Å². The molecule has 0 amide bonds. The molecule has 4 nitrogen and oxygen atoms in total. The number of hydrogen-bond acceptors (Lipinski definition) is 3. The van der Waals surface area contributed by atoms with Crippen LogP contribution in [0.3, 0.4) is 0 Å². The molecule has 0 atom stereocenters. The number of nitrogens with one attached hydrogen (secondary N) is 1. The molecule has 102 valence electrons. The van der Waals surface area contributed by atoms with Gasteiger partial charge in [0.15, 0.2) is 5.78 Å². The summed E-state index contributed by atoms with van der Waals surface area (Å²) in [4.78, 5) is 15.6. The fourth-order valence-electron chi connectivity index (χ4n) is 2.24. The zero-order chi connectivity index (χ0) is 15.0. The number of aromatic nitrogens is 1. The molecule has 2 aromatic carbocycles. The van der Waals surface area contributed by atoms with E-state index in [0.717, 1.165) is 10.9 Å². The van der Waals surface area contributed by atoms with E-state index in [2.05, 4.69) is 11.1 Å². The topological polar surface area (TPSA) is 82.7 Å². The van der Waals surface area contributed by atoms with Crippen LogP contribution in [0.15, 0.2) is 42.6 Å². The molecule has 3 N–H and O–H groups in total. The van der Waals surface area contributed by atoms with Gasteiger partial charge in [0.25, 0.3) is 0 Å². The van der Waals surface area contributed by atoms with Crippen LogP contribution >= 0.6 is 11.6 Å². The highest BCUT2D eigenvalue weighted by atomic mass is 35.5. The van der Waals surface area contributed by atoms with Gasteiger partial charge in [-0.15, -0.1) is 0 Å². The van der Waals surface area contributed by atoms with Crippen molar-refractivity contribution in [1.82, 2.24) is 4.98 Å². The molecule has 1 heterocycles. The van der Waals surface area contributed by atoms with Crippen molar-refractivity contribution in [3.05, 3.63) is 64.3 Å². The summed E-state index contributed by atoms with van der Waals surface area (Å²) < 4.78 is 0. The maximum absolute atomic E-state index is 12.6. The van der Waals surface area contributed by atoms with Gasteiger partial charge in [-0.25, -0.2) is 0 Å². The smallest absolute Gasteiger partial charge is 0.196 e. The van der Waals surface area contributed by atoms with E-state index in [9.17, 15) is 4.79 Å². The number of ketones is 1. The zero-order valence-corrected chi connectivity index (χ0v) is 11.6. The first kappa shape index (κ1) is 13.2. The number of benzene rings is 2. The minimum absolute atomic E-state index is 0.184. The summed E-state index contributed by atoms with van der Waals surface area (Å²) in [7, 11) is 0. The highest BCUT2D eigenvalue weighted by Crippen LogP contribution is 2.26. The fraction of sp³-hybridized carbons (Fsp3) is 0. The summed E-state index contributed by atoms with van der Waals surface area (Å²) in [5, 5.41) is 9.97. The van der Waals surface area contributed by atoms with Crippen LogP contribution in [0.2, 0.25) is 5.02 Å². The fourth-order valence-corrected chi connectivity index (χ4v) is 2.52. The number of rotatable bonds is 2. The number of hydrogen-bond donors (Lipinski definition) is 2. The van der Waals surface area contributed by atoms with Gasteiger partial charge in [-0.3, -0.25) is 4.79 Å². The van der Waals surface area contributed by atoms with Crippen molar-refractivity contribution in [3.63, 3.8) is 0 Å². The number of nitriles is 1. The molecule has 0 saturated carbocycles. The van der Waals surface area contributed by atoms with Crippen molar-refractivity contribution in [3.8, 4) is 6.07 Å². The molecule has 1 aromatic heterocycles. The summed E-state index contributed by atoms with van der Waals surface area (Å²) in [6, 6.07) is 12.0. The first-order chi connectivity index (χ1) is 10.1. The van der Waals surface area contributed by atoms with Crippen molar-refractivity contribution >= 4 is 34.0 Å². The lowest BCUT2D eigenvalue weighted by Crippen LogP contribution is -2.02. The molecule has 0 bridgehead atoms. The number of carbonyl (C=O) groups excluding carboxylic acids is 1. The lowest BCUT2D eigenvalue weighted by molar-refractivity contribution is 0.104. The standard InChI is InChI=1S/C16H10ClN3O/c17-14-6-10(19)2-4-12(14)16(21)13-8-20-15-5-9(7-18)1-3-11(13)15/h1-6,8,20H,19H2. The van der Waals surface area contributed by atoms with Crippen LogP contribution < -0.4 is 5.73 Å². The number of aromatic amines is 1. The van der Waals surface area contributed by atoms with Gasteiger partial charge in [0.1, 0.15) is 0 Å². The Morgan fingerprint density at radius 1 is 1.19 bits per heavy atom. The Balaban J connectivity index is 2.12. The summed E-state index contributed by atoms with van der Waals surface area (Å²) >= 11 is 6.09. The van der Waals surface area contributed by atoms with E-state index in [4.69, 9.17) is 22.6 Å². The van der Waals surface area contributed by atoms with E-state index in [0.29, 0.717) is 27.4 Å². The number of halogens is 1. The maximum Gasteiger partial charge on any atom is 0.196 e. The predicted molar refractivity (Wildman–Crippen MR) is 82.3 cm³/mol. The molecule has 0 aliphatic heterocycles. The van der Waals surface area contributed by atoms with E-state index >= 15 is 0 Å². The first-order valence-corrected chi connectivity index (χ1v) is 6.59. The SMILES string of the molecule is N#Cc1ccc2c(C(=O)c3ccc(N)cc3Cl)c[nH]c2c1. The van der Waals surface area contributed by atoms with Gasteiger partial charge in [-0.2, -0.15) is 5.26 Å². The molecule has 0 aliphatic rings. The first-order valence-electron chi connectivity index (χ1n) is 6.21. The van der Waals surface area contributed by atoms with Crippen molar-refractivity contribution in [2.45, 2.75) is 0 Å². The van der Waals surface area contributed by atoms with E-state index in [1.807, 2.05) is 0 Å². The molecule has 0 aliphatic carbocycles. The second kappa shape index (κ2) is 4.97. The number of anilines is 1. The number of nitrogens with zero attached hydrogens (tertiary/aromatic N) is 1. The molecule has 0 saturated heterocycles. The minimum Gasteiger partial charge on any atom is -0.399 e. The van der Waals surface area contributed by atoms with Crippen molar-refractivity contribution < 1.29 is 4.79 Å². The molecular weight excluding hydrogens is 286 g/mol. The van der Waals surface area contributed by atoms with Gasteiger partial charge in [-0.05, 0) is 30.3 Å². The van der Waals surface area contributed by atoms with Crippen molar-refractivity contribution in [2.24, 2.45) is 0 Å². The van der Waals surface area contributed by atoms with Crippen LogP contribution in [0.1, 0.15) is 21.5 Å². The third-order valence-corrected chi connectivity index (χ3v) is 3.61. The predicted octanol–water partition coefficient (Wildman–Crippen LogP) is 3.51. The third-order valence-electron chi connectivity index (χ3n) is 3.29.